The zero-order chi connectivity index (χ0) is 20.1. The standard InChI is InChI=1S/C20H18FN3O4/c21-18-7-2-1-6-17(18)20(26)23-12-10-22(11-13-23)19(25)9-8-15-4-3-5-16(14-15)24(27)28/h1-9,14H,10-13H2/b9-8+. The van der Waals surface area contributed by atoms with Crippen molar-refractivity contribution in [2.45, 2.75) is 0 Å². The summed E-state index contributed by atoms with van der Waals surface area (Å²) in [5, 5.41) is 10.8. The summed E-state index contributed by atoms with van der Waals surface area (Å²) in [6, 6.07) is 11.8. The van der Waals surface area contributed by atoms with Crippen LogP contribution in [0.5, 0.6) is 0 Å². The molecule has 0 saturated carbocycles. The number of rotatable bonds is 4. The van der Waals surface area contributed by atoms with E-state index in [9.17, 15) is 24.1 Å². The van der Waals surface area contributed by atoms with Crippen LogP contribution in [0.3, 0.4) is 0 Å². The molecule has 0 N–H and O–H groups in total. The normalized spacial score (nSPS) is 14.3. The molecule has 28 heavy (non-hydrogen) atoms. The summed E-state index contributed by atoms with van der Waals surface area (Å²) >= 11 is 0. The molecule has 144 valence electrons. The first-order valence-corrected chi connectivity index (χ1v) is 8.71. The average Bonchev–Trinajstić information content (AvgIpc) is 2.72. The Morgan fingerprint density at radius 1 is 1.00 bits per heavy atom. The van der Waals surface area contributed by atoms with Crippen molar-refractivity contribution in [3.63, 3.8) is 0 Å². The van der Waals surface area contributed by atoms with E-state index in [0.29, 0.717) is 31.7 Å². The van der Waals surface area contributed by atoms with Crippen LogP contribution in [0.1, 0.15) is 15.9 Å². The molecule has 7 nitrogen and oxygen atoms in total. The Balaban J connectivity index is 1.58. The van der Waals surface area contributed by atoms with Crippen LogP contribution in [0.4, 0.5) is 10.1 Å². The van der Waals surface area contributed by atoms with Gasteiger partial charge in [0.1, 0.15) is 5.82 Å². The van der Waals surface area contributed by atoms with Crippen molar-refractivity contribution in [3.05, 3.63) is 81.7 Å². The summed E-state index contributed by atoms with van der Waals surface area (Å²) in [7, 11) is 0. The monoisotopic (exact) mass is 383 g/mol. The van der Waals surface area contributed by atoms with Gasteiger partial charge in [0.15, 0.2) is 0 Å². The van der Waals surface area contributed by atoms with Gasteiger partial charge in [-0.1, -0.05) is 24.3 Å². The van der Waals surface area contributed by atoms with Gasteiger partial charge in [0.25, 0.3) is 11.6 Å². The van der Waals surface area contributed by atoms with Gasteiger partial charge >= 0.3 is 0 Å². The van der Waals surface area contributed by atoms with Crippen molar-refractivity contribution in [3.8, 4) is 0 Å². The highest BCUT2D eigenvalue weighted by molar-refractivity contribution is 5.95. The van der Waals surface area contributed by atoms with Gasteiger partial charge in [-0.2, -0.15) is 0 Å². The van der Waals surface area contributed by atoms with Gasteiger partial charge in [-0.25, -0.2) is 4.39 Å². The molecule has 0 aliphatic carbocycles. The molecule has 0 atom stereocenters. The molecule has 8 heteroatoms. The summed E-state index contributed by atoms with van der Waals surface area (Å²) < 4.78 is 13.8. The van der Waals surface area contributed by atoms with E-state index < -0.39 is 16.6 Å². The van der Waals surface area contributed by atoms with Crippen molar-refractivity contribution in [1.82, 2.24) is 9.80 Å². The summed E-state index contributed by atoms with van der Waals surface area (Å²) in [5.74, 6) is -1.20. The quantitative estimate of drug-likeness (QED) is 0.462. The van der Waals surface area contributed by atoms with Gasteiger partial charge in [0.05, 0.1) is 10.5 Å². The fourth-order valence-electron chi connectivity index (χ4n) is 2.95. The van der Waals surface area contributed by atoms with E-state index in [1.807, 2.05) is 0 Å². The Morgan fingerprint density at radius 3 is 2.36 bits per heavy atom. The fourth-order valence-corrected chi connectivity index (χ4v) is 2.95. The number of halogens is 1. The van der Waals surface area contributed by atoms with E-state index in [-0.39, 0.29) is 17.2 Å². The zero-order valence-corrected chi connectivity index (χ0v) is 15.0. The summed E-state index contributed by atoms with van der Waals surface area (Å²) in [6.07, 6.45) is 2.87. The maximum absolute atomic E-state index is 13.8. The highest BCUT2D eigenvalue weighted by atomic mass is 19.1. The van der Waals surface area contributed by atoms with E-state index in [2.05, 4.69) is 0 Å². The van der Waals surface area contributed by atoms with Crippen molar-refractivity contribution < 1.29 is 18.9 Å². The number of hydrogen-bond acceptors (Lipinski definition) is 4. The Kier molecular flexibility index (Phi) is 5.78. The van der Waals surface area contributed by atoms with Gasteiger partial charge < -0.3 is 9.80 Å². The number of carbonyl (C=O) groups is 2. The lowest BCUT2D eigenvalue weighted by Crippen LogP contribution is -2.50. The number of carbonyl (C=O) groups excluding carboxylic acids is 2. The zero-order valence-electron chi connectivity index (χ0n) is 15.0. The molecule has 1 aliphatic rings. The number of nitro benzene ring substituents is 1. The number of nitrogens with zero attached hydrogens (tertiary/aromatic N) is 3. The number of nitro groups is 1. The Morgan fingerprint density at radius 2 is 1.68 bits per heavy atom. The molecule has 0 bridgehead atoms. The van der Waals surface area contributed by atoms with Crippen LogP contribution in [0, 0.1) is 15.9 Å². The largest absolute Gasteiger partial charge is 0.336 e. The second kappa shape index (κ2) is 8.43. The van der Waals surface area contributed by atoms with Crippen molar-refractivity contribution >= 4 is 23.6 Å². The third-order valence-corrected chi connectivity index (χ3v) is 4.48. The van der Waals surface area contributed by atoms with Crippen LogP contribution in [-0.2, 0) is 4.79 Å². The van der Waals surface area contributed by atoms with Crippen LogP contribution in [-0.4, -0.2) is 52.7 Å². The predicted molar refractivity (Wildman–Crippen MR) is 101 cm³/mol. The molecule has 1 heterocycles. The van der Waals surface area contributed by atoms with E-state index in [0.717, 1.165) is 0 Å². The van der Waals surface area contributed by atoms with E-state index >= 15 is 0 Å². The molecule has 1 saturated heterocycles. The SMILES string of the molecule is O=C(/C=C/c1cccc([N+](=O)[O-])c1)N1CCN(C(=O)c2ccccc2F)CC1. The van der Waals surface area contributed by atoms with E-state index in [1.54, 1.807) is 23.1 Å². The lowest BCUT2D eigenvalue weighted by molar-refractivity contribution is -0.384. The van der Waals surface area contributed by atoms with Crippen LogP contribution in [0.2, 0.25) is 0 Å². The first-order valence-electron chi connectivity index (χ1n) is 8.71. The smallest absolute Gasteiger partial charge is 0.270 e. The van der Waals surface area contributed by atoms with Gasteiger partial charge in [-0.05, 0) is 23.8 Å². The molecular formula is C20H18FN3O4. The topological polar surface area (TPSA) is 83.8 Å². The van der Waals surface area contributed by atoms with Crippen molar-refractivity contribution in [1.29, 1.82) is 0 Å². The predicted octanol–water partition coefficient (Wildman–Crippen LogP) is 2.73. The minimum absolute atomic E-state index is 0.0212. The van der Waals surface area contributed by atoms with Gasteiger partial charge in [-0.3, -0.25) is 19.7 Å². The van der Waals surface area contributed by atoms with Crippen LogP contribution in [0.15, 0.2) is 54.6 Å². The number of amides is 2. The molecule has 3 rings (SSSR count). The Bertz CT molecular complexity index is 937. The molecule has 2 amide bonds. The number of benzene rings is 2. The molecule has 1 fully saturated rings. The Hall–Kier alpha value is -3.55. The molecule has 0 unspecified atom stereocenters. The van der Waals surface area contributed by atoms with Crippen molar-refractivity contribution in [2.24, 2.45) is 0 Å². The maximum Gasteiger partial charge on any atom is 0.270 e. The van der Waals surface area contributed by atoms with Crippen LogP contribution >= 0.6 is 0 Å². The first-order chi connectivity index (χ1) is 13.5. The van der Waals surface area contributed by atoms with E-state index in [4.69, 9.17) is 0 Å². The van der Waals surface area contributed by atoms with Crippen LogP contribution < -0.4 is 0 Å². The lowest BCUT2D eigenvalue weighted by atomic mass is 10.1. The summed E-state index contributed by atoms with van der Waals surface area (Å²) in [4.78, 5) is 38.1. The molecule has 2 aromatic rings. The maximum atomic E-state index is 13.8. The van der Waals surface area contributed by atoms with Crippen LogP contribution in [0.25, 0.3) is 6.08 Å². The third kappa shape index (κ3) is 4.40. The Labute approximate surface area is 160 Å². The van der Waals surface area contributed by atoms with Gasteiger partial charge in [-0.15, -0.1) is 0 Å². The number of non-ortho nitro benzene ring substituents is 1. The number of hydrogen-bond donors (Lipinski definition) is 0. The van der Waals surface area contributed by atoms with Gasteiger partial charge in [0.2, 0.25) is 5.91 Å². The minimum Gasteiger partial charge on any atom is -0.336 e. The molecule has 0 spiro atoms. The van der Waals surface area contributed by atoms with E-state index in [1.165, 1.54) is 47.4 Å². The second-order valence-electron chi connectivity index (χ2n) is 6.28. The minimum atomic E-state index is -0.564. The summed E-state index contributed by atoms with van der Waals surface area (Å²) in [6.45, 7) is 1.28. The molecule has 1 aliphatic heterocycles. The highest BCUT2D eigenvalue weighted by Crippen LogP contribution is 2.15. The fraction of sp³-hybridized carbons (Fsp3) is 0.200. The summed E-state index contributed by atoms with van der Waals surface area (Å²) in [5.41, 5.74) is 0.527. The molecule has 2 aromatic carbocycles. The molecular weight excluding hydrogens is 365 g/mol. The van der Waals surface area contributed by atoms with Crippen molar-refractivity contribution in [2.75, 3.05) is 26.2 Å². The first kappa shape index (κ1) is 19.2. The second-order valence-corrected chi connectivity index (χ2v) is 6.28. The highest BCUT2D eigenvalue weighted by Gasteiger charge is 2.25. The third-order valence-electron chi connectivity index (χ3n) is 4.48. The average molecular weight is 383 g/mol. The molecule has 0 radical (unpaired) electrons. The van der Waals surface area contributed by atoms with Gasteiger partial charge in [0, 0.05) is 44.4 Å². The lowest BCUT2D eigenvalue weighted by Gasteiger charge is -2.34. The number of piperazine rings is 1. The molecule has 0 aromatic heterocycles.